The fourth-order valence-corrected chi connectivity index (χ4v) is 3.45. The van der Waals surface area contributed by atoms with Crippen LogP contribution in [0.1, 0.15) is 15.2 Å². The standard InChI is InChI=1S/C12H7BrF3NOS2/c13-10-3-2-9(20-10)8(18)6-19-11-4-1-7(5-17-11)12(14,15)16/h1-5H,6H2. The zero-order valence-electron chi connectivity index (χ0n) is 9.78. The number of ketones is 1. The highest BCUT2D eigenvalue weighted by Gasteiger charge is 2.30. The third-order valence-electron chi connectivity index (χ3n) is 2.26. The lowest BCUT2D eigenvalue weighted by molar-refractivity contribution is -0.137. The lowest BCUT2D eigenvalue weighted by atomic mass is 10.3. The topological polar surface area (TPSA) is 30.0 Å². The van der Waals surface area contributed by atoms with Crippen LogP contribution < -0.4 is 0 Å². The Morgan fingerprint density at radius 1 is 1.30 bits per heavy atom. The average Bonchev–Trinajstić information content (AvgIpc) is 2.82. The van der Waals surface area contributed by atoms with Crippen LogP contribution >= 0.6 is 39.0 Å². The van der Waals surface area contributed by atoms with Crippen molar-refractivity contribution in [3.63, 3.8) is 0 Å². The Morgan fingerprint density at radius 3 is 2.55 bits per heavy atom. The van der Waals surface area contributed by atoms with Gasteiger partial charge in [-0.3, -0.25) is 4.79 Å². The van der Waals surface area contributed by atoms with Crippen LogP contribution in [-0.4, -0.2) is 16.5 Å². The third kappa shape index (κ3) is 4.07. The van der Waals surface area contributed by atoms with Crippen LogP contribution in [0.5, 0.6) is 0 Å². The third-order valence-corrected chi connectivity index (χ3v) is 4.87. The first-order valence-electron chi connectivity index (χ1n) is 5.31. The van der Waals surface area contributed by atoms with Gasteiger partial charge in [-0.2, -0.15) is 13.2 Å². The predicted octanol–water partition coefficient (Wildman–Crippen LogP) is 4.90. The fraction of sp³-hybridized carbons (Fsp3) is 0.167. The van der Waals surface area contributed by atoms with Gasteiger partial charge in [0.2, 0.25) is 0 Å². The van der Waals surface area contributed by atoms with E-state index < -0.39 is 11.7 Å². The van der Waals surface area contributed by atoms with Crippen LogP contribution in [0.25, 0.3) is 0 Å². The van der Waals surface area contributed by atoms with Gasteiger partial charge in [0.25, 0.3) is 0 Å². The molecule has 0 amide bonds. The van der Waals surface area contributed by atoms with Crippen molar-refractivity contribution >= 4 is 44.8 Å². The van der Waals surface area contributed by atoms with Gasteiger partial charge in [0.15, 0.2) is 5.78 Å². The van der Waals surface area contributed by atoms with E-state index in [2.05, 4.69) is 20.9 Å². The predicted molar refractivity (Wildman–Crippen MR) is 76.3 cm³/mol. The summed E-state index contributed by atoms with van der Waals surface area (Å²) in [5.74, 6) is 0.0677. The van der Waals surface area contributed by atoms with E-state index in [9.17, 15) is 18.0 Å². The van der Waals surface area contributed by atoms with Gasteiger partial charge in [0.05, 0.1) is 25.0 Å². The first kappa shape index (κ1) is 15.5. The molecule has 106 valence electrons. The van der Waals surface area contributed by atoms with Gasteiger partial charge in [0.1, 0.15) is 0 Å². The van der Waals surface area contributed by atoms with Gasteiger partial charge in [-0.1, -0.05) is 11.8 Å². The van der Waals surface area contributed by atoms with Gasteiger partial charge in [0, 0.05) is 6.20 Å². The molecule has 2 aromatic heterocycles. The van der Waals surface area contributed by atoms with Crippen LogP contribution in [0.15, 0.2) is 39.3 Å². The number of aromatic nitrogens is 1. The molecule has 0 N–H and O–H groups in total. The number of halogens is 4. The SMILES string of the molecule is O=C(CSc1ccc(C(F)(F)F)cn1)c1ccc(Br)s1. The van der Waals surface area contributed by atoms with Crippen LogP contribution in [0, 0.1) is 0 Å². The molecule has 2 rings (SSSR count). The minimum atomic E-state index is -4.39. The highest BCUT2D eigenvalue weighted by molar-refractivity contribution is 9.11. The Morgan fingerprint density at radius 2 is 2.05 bits per heavy atom. The summed E-state index contributed by atoms with van der Waals surface area (Å²) in [5.41, 5.74) is -0.796. The van der Waals surface area contributed by atoms with Crippen molar-refractivity contribution < 1.29 is 18.0 Å². The summed E-state index contributed by atoms with van der Waals surface area (Å²) < 4.78 is 37.9. The Kier molecular flexibility index (Phi) is 4.87. The molecule has 20 heavy (non-hydrogen) atoms. The number of nitrogens with zero attached hydrogens (tertiary/aromatic N) is 1. The molecular weight excluding hydrogens is 375 g/mol. The maximum Gasteiger partial charge on any atom is 0.417 e. The van der Waals surface area contributed by atoms with Crippen molar-refractivity contribution in [2.75, 3.05) is 5.75 Å². The zero-order valence-corrected chi connectivity index (χ0v) is 13.0. The quantitative estimate of drug-likeness (QED) is 0.557. The fourth-order valence-electron chi connectivity index (χ4n) is 1.31. The minimum absolute atomic E-state index is 0.0765. The Bertz CT molecular complexity index is 610. The molecule has 2 heterocycles. The highest BCUT2D eigenvalue weighted by atomic mass is 79.9. The molecule has 0 bridgehead atoms. The second kappa shape index (κ2) is 6.28. The van der Waals surface area contributed by atoms with Crippen LogP contribution in [0.4, 0.5) is 13.2 Å². The Labute approximate surface area is 129 Å². The number of carbonyl (C=O) groups is 1. The molecule has 0 saturated carbocycles. The molecule has 0 spiro atoms. The monoisotopic (exact) mass is 381 g/mol. The van der Waals surface area contributed by atoms with Gasteiger partial charge in [-0.25, -0.2) is 4.98 Å². The van der Waals surface area contributed by atoms with Crippen LogP contribution in [0.2, 0.25) is 0 Å². The molecule has 8 heteroatoms. The molecule has 0 aromatic carbocycles. The number of Topliss-reactive ketones (excluding diaryl/α,β-unsaturated/α-hetero) is 1. The molecule has 2 nitrogen and oxygen atoms in total. The summed E-state index contributed by atoms with van der Waals surface area (Å²) in [5, 5.41) is 0.391. The lowest BCUT2D eigenvalue weighted by Gasteiger charge is -2.06. The number of carbonyl (C=O) groups excluding carboxylic acids is 1. The maximum atomic E-state index is 12.4. The second-order valence-corrected chi connectivity index (χ2v) is 7.16. The molecule has 0 unspecified atom stereocenters. The number of thioether (sulfide) groups is 1. The van der Waals surface area contributed by atoms with Crippen LogP contribution in [0.3, 0.4) is 0 Å². The Hall–Kier alpha value is -0.860. The van der Waals surface area contributed by atoms with Gasteiger partial charge < -0.3 is 0 Å². The summed E-state index contributed by atoms with van der Waals surface area (Å²) in [7, 11) is 0. The van der Waals surface area contributed by atoms with Crippen molar-refractivity contribution in [3.8, 4) is 0 Å². The van der Waals surface area contributed by atoms with E-state index in [4.69, 9.17) is 0 Å². The zero-order chi connectivity index (χ0) is 14.8. The lowest BCUT2D eigenvalue weighted by Crippen LogP contribution is -2.05. The van der Waals surface area contributed by atoms with E-state index in [0.717, 1.165) is 27.8 Å². The van der Waals surface area contributed by atoms with E-state index in [0.29, 0.717) is 9.90 Å². The summed E-state index contributed by atoms with van der Waals surface area (Å²) in [6.45, 7) is 0. The number of rotatable bonds is 4. The maximum absolute atomic E-state index is 12.4. The van der Waals surface area contributed by atoms with Crippen molar-refractivity contribution in [2.45, 2.75) is 11.2 Å². The van der Waals surface area contributed by atoms with Crippen molar-refractivity contribution in [1.29, 1.82) is 0 Å². The number of thiophene rings is 1. The molecule has 0 atom stereocenters. The number of hydrogen-bond acceptors (Lipinski definition) is 4. The summed E-state index contributed by atoms with van der Waals surface area (Å²) >= 11 is 5.70. The Balaban J connectivity index is 1.96. The molecule has 0 saturated heterocycles. The first-order chi connectivity index (χ1) is 9.36. The van der Waals surface area contributed by atoms with E-state index in [-0.39, 0.29) is 11.5 Å². The summed E-state index contributed by atoms with van der Waals surface area (Å²) in [6, 6.07) is 5.71. The van der Waals surface area contributed by atoms with E-state index in [1.165, 1.54) is 17.4 Å². The second-order valence-electron chi connectivity index (χ2n) is 3.70. The number of alkyl halides is 3. The summed E-state index contributed by atoms with van der Waals surface area (Å²) in [4.78, 5) is 16.1. The van der Waals surface area contributed by atoms with Gasteiger partial charge in [-0.15, -0.1) is 11.3 Å². The van der Waals surface area contributed by atoms with Gasteiger partial charge >= 0.3 is 6.18 Å². The molecule has 0 aliphatic rings. The van der Waals surface area contributed by atoms with Crippen molar-refractivity contribution in [2.24, 2.45) is 0 Å². The van der Waals surface area contributed by atoms with E-state index in [1.54, 1.807) is 12.1 Å². The highest BCUT2D eigenvalue weighted by Crippen LogP contribution is 2.30. The van der Waals surface area contributed by atoms with Gasteiger partial charge in [-0.05, 0) is 40.2 Å². The van der Waals surface area contributed by atoms with E-state index >= 15 is 0 Å². The molecular formula is C12H7BrF3NOS2. The normalized spacial score (nSPS) is 11.6. The number of pyridine rings is 1. The smallest absolute Gasteiger partial charge is 0.292 e. The largest absolute Gasteiger partial charge is 0.417 e. The molecule has 2 aromatic rings. The molecule has 0 aliphatic carbocycles. The van der Waals surface area contributed by atoms with E-state index in [1.807, 2.05) is 0 Å². The van der Waals surface area contributed by atoms with Crippen molar-refractivity contribution in [3.05, 3.63) is 44.7 Å². The minimum Gasteiger partial charge on any atom is -0.292 e. The summed E-state index contributed by atoms with van der Waals surface area (Å²) in [6.07, 6.45) is -3.62. The molecule has 0 aliphatic heterocycles. The number of hydrogen-bond donors (Lipinski definition) is 0. The van der Waals surface area contributed by atoms with Crippen LogP contribution in [-0.2, 0) is 6.18 Å². The first-order valence-corrected chi connectivity index (χ1v) is 7.90. The molecule has 0 fully saturated rings. The molecule has 0 radical (unpaired) electrons. The van der Waals surface area contributed by atoms with Crippen molar-refractivity contribution in [1.82, 2.24) is 4.98 Å². The average molecular weight is 382 g/mol.